The summed E-state index contributed by atoms with van der Waals surface area (Å²) in [6.07, 6.45) is 14.3. The predicted molar refractivity (Wildman–Crippen MR) is 92.7 cm³/mol. The Balaban J connectivity index is 1.62. The highest BCUT2D eigenvalue weighted by Crippen LogP contribution is 2.32. The van der Waals surface area contributed by atoms with Gasteiger partial charge in [0.25, 0.3) is 0 Å². The fourth-order valence-electron chi connectivity index (χ4n) is 3.64. The molecule has 1 aliphatic rings. The van der Waals surface area contributed by atoms with Crippen LogP contribution in [0, 0.1) is 0 Å². The molecular formula is C19H23N5. The molecule has 5 heteroatoms. The Hall–Kier alpha value is -2.43. The Morgan fingerprint density at radius 2 is 1.92 bits per heavy atom. The number of imidazole rings is 1. The normalized spacial score (nSPS) is 17.0. The topological polar surface area (TPSA) is 48.5 Å². The van der Waals surface area contributed by atoms with Crippen LogP contribution >= 0.6 is 0 Å². The Morgan fingerprint density at radius 1 is 1.08 bits per heavy atom. The van der Waals surface area contributed by atoms with E-state index in [1.165, 1.54) is 37.7 Å². The molecule has 0 radical (unpaired) electrons. The maximum absolute atomic E-state index is 4.50. The average Bonchev–Trinajstić information content (AvgIpc) is 3.33. The molecule has 1 saturated carbocycles. The lowest BCUT2D eigenvalue weighted by Gasteiger charge is -2.20. The summed E-state index contributed by atoms with van der Waals surface area (Å²) in [6, 6.07) is 10.6. The number of benzene rings is 1. The molecule has 5 nitrogen and oxygen atoms in total. The molecule has 124 valence electrons. The second kappa shape index (κ2) is 6.99. The summed E-state index contributed by atoms with van der Waals surface area (Å²) < 4.78 is 4.12. The molecule has 0 saturated heterocycles. The standard InChI is InChI=1S/C19H23N5/c1-3-7-16(8-4-1)18-13-24(22-21-18)19(14-23-12-11-20-15-23)17-9-5-2-6-10-17/h2,5-6,9-13,15-16,19H,1,3-4,7-8,14H2. The Labute approximate surface area is 142 Å². The molecule has 1 aromatic carbocycles. The third-order valence-electron chi connectivity index (χ3n) is 5.00. The molecule has 0 N–H and O–H groups in total. The van der Waals surface area contributed by atoms with Crippen LogP contribution in [-0.4, -0.2) is 24.5 Å². The van der Waals surface area contributed by atoms with Gasteiger partial charge in [-0.3, -0.25) is 0 Å². The molecule has 24 heavy (non-hydrogen) atoms. The number of aromatic nitrogens is 5. The van der Waals surface area contributed by atoms with Gasteiger partial charge < -0.3 is 4.57 Å². The van der Waals surface area contributed by atoms with Crippen molar-refractivity contribution in [3.05, 3.63) is 66.5 Å². The smallest absolute Gasteiger partial charge is 0.0965 e. The van der Waals surface area contributed by atoms with E-state index in [1.807, 2.05) is 29.5 Å². The molecule has 4 rings (SSSR count). The number of hydrogen-bond donors (Lipinski definition) is 0. The second-order valence-electron chi connectivity index (χ2n) is 6.64. The zero-order valence-corrected chi connectivity index (χ0v) is 13.8. The van der Waals surface area contributed by atoms with Crippen LogP contribution in [0.1, 0.15) is 55.3 Å². The van der Waals surface area contributed by atoms with Gasteiger partial charge in [0, 0.05) is 24.5 Å². The third kappa shape index (κ3) is 3.25. The van der Waals surface area contributed by atoms with Crippen molar-refractivity contribution in [2.75, 3.05) is 0 Å². The van der Waals surface area contributed by atoms with E-state index in [4.69, 9.17) is 0 Å². The fraction of sp³-hybridized carbons (Fsp3) is 0.421. The minimum absolute atomic E-state index is 0.130. The number of nitrogens with zero attached hydrogens (tertiary/aromatic N) is 5. The van der Waals surface area contributed by atoms with Crippen molar-refractivity contribution < 1.29 is 0 Å². The highest BCUT2D eigenvalue weighted by Gasteiger charge is 2.21. The highest BCUT2D eigenvalue weighted by molar-refractivity contribution is 5.20. The summed E-state index contributed by atoms with van der Waals surface area (Å²) in [5.41, 5.74) is 2.40. The summed E-state index contributed by atoms with van der Waals surface area (Å²) in [5, 5.41) is 8.99. The maximum Gasteiger partial charge on any atom is 0.0965 e. The SMILES string of the molecule is c1ccc(C(Cn2ccnc2)n2cc(C3CCCCC3)nn2)cc1. The summed E-state index contributed by atoms with van der Waals surface area (Å²) in [5.74, 6) is 0.581. The fourth-order valence-corrected chi connectivity index (χ4v) is 3.64. The van der Waals surface area contributed by atoms with Crippen LogP contribution in [-0.2, 0) is 6.54 Å². The molecule has 1 unspecified atom stereocenters. The monoisotopic (exact) mass is 321 g/mol. The van der Waals surface area contributed by atoms with Crippen molar-refractivity contribution in [2.45, 2.75) is 50.6 Å². The summed E-state index contributed by atoms with van der Waals surface area (Å²) in [7, 11) is 0. The van der Waals surface area contributed by atoms with E-state index in [-0.39, 0.29) is 6.04 Å². The summed E-state index contributed by atoms with van der Waals surface area (Å²) in [6.45, 7) is 0.803. The molecule has 0 bridgehead atoms. The Morgan fingerprint density at radius 3 is 2.67 bits per heavy atom. The first-order chi connectivity index (χ1) is 11.9. The minimum Gasteiger partial charge on any atom is -0.335 e. The van der Waals surface area contributed by atoms with Gasteiger partial charge in [-0.15, -0.1) is 5.10 Å². The first-order valence-corrected chi connectivity index (χ1v) is 8.82. The maximum atomic E-state index is 4.50. The first-order valence-electron chi connectivity index (χ1n) is 8.82. The van der Waals surface area contributed by atoms with Gasteiger partial charge in [-0.1, -0.05) is 54.8 Å². The lowest BCUT2D eigenvalue weighted by molar-refractivity contribution is 0.436. The van der Waals surface area contributed by atoms with Crippen molar-refractivity contribution in [3.63, 3.8) is 0 Å². The lowest BCUT2D eigenvalue weighted by Crippen LogP contribution is -2.17. The zero-order valence-electron chi connectivity index (χ0n) is 13.8. The number of rotatable bonds is 5. The second-order valence-corrected chi connectivity index (χ2v) is 6.64. The third-order valence-corrected chi connectivity index (χ3v) is 5.00. The van der Waals surface area contributed by atoms with Gasteiger partial charge in [0.2, 0.25) is 0 Å². The van der Waals surface area contributed by atoms with Gasteiger partial charge in [0.1, 0.15) is 0 Å². The molecule has 2 aromatic heterocycles. The van der Waals surface area contributed by atoms with E-state index in [0.717, 1.165) is 12.2 Å². The van der Waals surface area contributed by atoms with Crippen molar-refractivity contribution in [1.29, 1.82) is 0 Å². The van der Waals surface area contributed by atoms with Crippen LogP contribution in [0.25, 0.3) is 0 Å². The summed E-state index contributed by atoms with van der Waals surface area (Å²) in [4.78, 5) is 4.16. The quantitative estimate of drug-likeness (QED) is 0.718. The van der Waals surface area contributed by atoms with Gasteiger partial charge in [0.15, 0.2) is 0 Å². The van der Waals surface area contributed by atoms with Gasteiger partial charge in [0.05, 0.1) is 24.6 Å². The molecule has 0 spiro atoms. The molecule has 3 aromatic rings. The molecular weight excluding hydrogens is 298 g/mol. The number of hydrogen-bond acceptors (Lipinski definition) is 3. The summed E-state index contributed by atoms with van der Waals surface area (Å²) >= 11 is 0. The van der Waals surface area contributed by atoms with E-state index in [1.54, 1.807) is 0 Å². The largest absolute Gasteiger partial charge is 0.335 e. The molecule has 0 aliphatic heterocycles. The van der Waals surface area contributed by atoms with Crippen LogP contribution in [0.2, 0.25) is 0 Å². The highest BCUT2D eigenvalue weighted by atomic mass is 15.4. The van der Waals surface area contributed by atoms with Gasteiger partial charge in [-0.25, -0.2) is 9.67 Å². The van der Waals surface area contributed by atoms with Crippen molar-refractivity contribution in [2.24, 2.45) is 0 Å². The van der Waals surface area contributed by atoms with Crippen LogP contribution in [0.3, 0.4) is 0 Å². The van der Waals surface area contributed by atoms with E-state index >= 15 is 0 Å². The molecule has 1 atom stereocenters. The van der Waals surface area contributed by atoms with Crippen molar-refractivity contribution >= 4 is 0 Å². The van der Waals surface area contributed by atoms with Crippen LogP contribution in [0.15, 0.2) is 55.2 Å². The molecule has 1 fully saturated rings. The van der Waals surface area contributed by atoms with E-state index in [2.05, 4.69) is 50.3 Å². The van der Waals surface area contributed by atoms with E-state index in [9.17, 15) is 0 Å². The predicted octanol–water partition coefficient (Wildman–Crippen LogP) is 3.81. The van der Waals surface area contributed by atoms with Crippen molar-refractivity contribution in [3.8, 4) is 0 Å². The minimum atomic E-state index is 0.130. The van der Waals surface area contributed by atoms with Gasteiger partial charge in [-0.2, -0.15) is 0 Å². The lowest BCUT2D eigenvalue weighted by atomic mass is 9.87. The zero-order chi connectivity index (χ0) is 16.2. The first kappa shape index (κ1) is 15.1. The molecule has 1 aliphatic carbocycles. The molecule has 2 heterocycles. The van der Waals surface area contributed by atoms with Gasteiger partial charge >= 0.3 is 0 Å². The average molecular weight is 321 g/mol. The van der Waals surface area contributed by atoms with Crippen LogP contribution in [0.4, 0.5) is 0 Å². The van der Waals surface area contributed by atoms with E-state index in [0.29, 0.717) is 5.92 Å². The van der Waals surface area contributed by atoms with Gasteiger partial charge in [-0.05, 0) is 18.4 Å². The Kier molecular flexibility index (Phi) is 4.40. The van der Waals surface area contributed by atoms with Crippen LogP contribution in [0.5, 0.6) is 0 Å². The molecule has 0 amide bonds. The van der Waals surface area contributed by atoms with E-state index < -0.39 is 0 Å². The van der Waals surface area contributed by atoms with Crippen LogP contribution < -0.4 is 0 Å². The van der Waals surface area contributed by atoms with Crippen molar-refractivity contribution in [1.82, 2.24) is 24.5 Å². The Bertz CT molecular complexity index is 741.